The summed E-state index contributed by atoms with van der Waals surface area (Å²) in [6.07, 6.45) is 1.99. The van der Waals surface area contributed by atoms with E-state index in [1.54, 1.807) is 6.07 Å². The van der Waals surface area contributed by atoms with Gasteiger partial charge in [0.1, 0.15) is 11.6 Å². The molecule has 0 spiro atoms. The SMILES string of the molecule is Oc1cc(F)ccc1Oc1ccc2c(c1)=CCN=2. The molecule has 3 nitrogen and oxygen atoms in total. The lowest BCUT2D eigenvalue weighted by Gasteiger charge is -2.07. The molecule has 1 aliphatic rings. The molecule has 0 bridgehead atoms. The number of benzene rings is 2. The first-order chi connectivity index (χ1) is 8.72. The van der Waals surface area contributed by atoms with Crippen LogP contribution in [-0.4, -0.2) is 11.7 Å². The van der Waals surface area contributed by atoms with Crippen molar-refractivity contribution < 1.29 is 14.2 Å². The summed E-state index contributed by atoms with van der Waals surface area (Å²) in [5.41, 5.74) is 0. The quantitative estimate of drug-likeness (QED) is 0.872. The van der Waals surface area contributed by atoms with Crippen LogP contribution in [0, 0.1) is 5.82 Å². The number of nitrogens with zero attached hydrogens (tertiary/aromatic N) is 1. The summed E-state index contributed by atoms with van der Waals surface area (Å²) >= 11 is 0. The number of phenols is 1. The van der Waals surface area contributed by atoms with Crippen LogP contribution in [0.4, 0.5) is 4.39 Å². The van der Waals surface area contributed by atoms with E-state index in [1.165, 1.54) is 12.1 Å². The van der Waals surface area contributed by atoms with Crippen LogP contribution in [0.15, 0.2) is 41.4 Å². The standard InChI is InChI=1S/C14H10FNO2/c15-10-1-4-14(13(17)8-10)18-11-2-3-12-9(7-11)5-6-16-12/h1-5,7-8,17H,6H2. The summed E-state index contributed by atoms with van der Waals surface area (Å²) < 4.78 is 18.3. The maximum atomic E-state index is 12.8. The van der Waals surface area contributed by atoms with Crippen molar-refractivity contribution in [2.24, 2.45) is 4.99 Å². The van der Waals surface area contributed by atoms with Gasteiger partial charge in [0.15, 0.2) is 11.5 Å². The summed E-state index contributed by atoms with van der Waals surface area (Å²) in [7, 11) is 0. The largest absolute Gasteiger partial charge is 0.504 e. The number of phenolic OH excluding ortho intramolecular Hbond substituents is 1. The second-order valence-corrected chi connectivity index (χ2v) is 3.98. The molecule has 3 rings (SSSR count). The molecular formula is C14H10FNO2. The number of rotatable bonds is 2. The van der Waals surface area contributed by atoms with Crippen LogP contribution in [-0.2, 0) is 0 Å². The van der Waals surface area contributed by atoms with Gasteiger partial charge in [-0.25, -0.2) is 4.39 Å². The van der Waals surface area contributed by atoms with E-state index in [9.17, 15) is 9.50 Å². The Morgan fingerprint density at radius 1 is 1.17 bits per heavy atom. The van der Waals surface area contributed by atoms with Gasteiger partial charge < -0.3 is 9.84 Å². The summed E-state index contributed by atoms with van der Waals surface area (Å²) in [6, 6.07) is 9.12. The van der Waals surface area contributed by atoms with Crippen LogP contribution in [0.5, 0.6) is 17.2 Å². The van der Waals surface area contributed by atoms with Gasteiger partial charge in [-0.15, -0.1) is 0 Å². The summed E-state index contributed by atoms with van der Waals surface area (Å²) in [4.78, 5) is 4.27. The van der Waals surface area contributed by atoms with Gasteiger partial charge >= 0.3 is 0 Å². The third-order valence-electron chi connectivity index (χ3n) is 2.72. The molecule has 0 aromatic heterocycles. The average molecular weight is 243 g/mol. The molecule has 2 aromatic carbocycles. The first-order valence-corrected chi connectivity index (χ1v) is 5.53. The Bertz CT molecular complexity index is 725. The van der Waals surface area contributed by atoms with E-state index in [2.05, 4.69) is 4.99 Å². The third-order valence-corrected chi connectivity index (χ3v) is 2.72. The van der Waals surface area contributed by atoms with Gasteiger partial charge in [-0.05, 0) is 30.3 Å². The van der Waals surface area contributed by atoms with Crippen LogP contribution in [0.3, 0.4) is 0 Å². The number of fused-ring (bicyclic) bond motifs is 1. The minimum absolute atomic E-state index is 0.218. The van der Waals surface area contributed by atoms with E-state index in [-0.39, 0.29) is 11.5 Å². The monoisotopic (exact) mass is 243 g/mol. The van der Waals surface area contributed by atoms with E-state index in [4.69, 9.17) is 4.74 Å². The first kappa shape index (κ1) is 10.8. The van der Waals surface area contributed by atoms with Crippen molar-refractivity contribution in [3.05, 3.63) is 52.8 Å². The number of aromatic hydroxyl groups is 1. The summed E-state index contributed by atoms with van der Waals surface area (Å²) in [5, 5.41) is 11.5. The van der Waals surface area contributed by atoms with Gasteiger partial charge in [-0.1, -0.05) is 6.08 Å². The highest BCUT2D eigenvalue weighted by molar-refractivity contribution is 5.43. The lowest BCUT2D eigenvalue weighted by Crippen LogP contribution is -2.20. The Hall–Kier alpha value is -2.36. The zero-order valence-corrected chi connectivity index (χ0v) is 9.43. The predicted molar refractivity (Wildman–Crippen MR) is 64.7 cm³/mol. The minimum atomic E-state index is -0.499. The maximum Gasteiger partial charge on any atom is 0.169 e. The fraction of sp³-hybridized carbons (Fsp3) is 0.0714. The Morgan fingerprint density at radius 2 is 2.06 bits per heavy atom. The Balaban J connectivity index is 1.96. The van der Waals surface area contributed by atoms with E-state index >= 15 is 0 Å². The van der Waals surface area contributed by atoms with Gasteiger partial charge in [0.25, 0.3) is 0 Å². The molecule has 1 N–H and O–H groups in total. The van der Waals surface area contributed by atoms with Crippen molar-refractivity contribution in [3.63, 3.8) is 0 Å². The lowest BCUT2D eigenvalue weighted by molar-refractivity contribution is 0.407. The molecule has 0 aliphatic carbocycles. The third kappa shape index (κ3) is 1.93. The zero-order valence-electron chi connectivity index (χ0n) is 9.43. The van der Waals surface area contributed by atoms with Crippen molar-refractivity contribution in [1.82, 2.24) is 0 Å². The predicted octanol–water partition coefficient (Wildman–Crippen LogP) is 1.74. The van der Waals surface area contributed by atoms with Crippen molar-refractivity contribution >= 4 is 6.08 Å². The molecule has 90 valence electrons. The number of hydrogen-bond acceptors (Lipinski definition) is 3. The Labute approximate surface area is 102 Å². The number of ether oxygens (including phenoxy) is 1. The van der Waals surface area contributed by atoms with Crippen LogP contribution < -0.4 is 15.3 Å². The molecule has 0 radical (unpaired) electrons. The molecule has 0 amide bonds. The van der Waals surface area contributed by atoms with Gasteiger partial charge in [-0.2, -0.15) is 0 Å². The molecule has 4 heteroatoms. The normalized spacial score (nSPS) is 12.5. The van der Waals surface area contributed by atoms with E-state index in [0.29, 0.717) is 12.3 Å². The van der Waals surface area contributed by atoms with Crippen LogP contribution in [0.25, 0.3) is 6.08 Å². The molecule has 1 aliphatic heterocycles. The van der Waals surface area contributed by atoms with Crippen LogP contribution >= 0.6 is 0 Å². The van der Waals surface area contributed by atoms with Crippen LogP contribution in [0.2, 0.25) is 0 Å². The van der Waals surface area contributed by atoms with Crippen molar-refractivity contribution in [3.8, 4) is 17.2 Å². The van der Waals surface area contributed by atoms with Gasteiger partial charge in [0.2, 0.25) is 0 Å². The smallest absolute Gasteiger partial charge is 0.169 e. The fourth-order valence-electron chi connectivity index (χ4n) is 1.85. The van der Waals surface area contributed by atoms with Gasteiger partial charge in [-0.3, -0.25) is 4.99 Å². The molecule has 0 saturated carbocycles. The van der Waals surface area contributed by atoms with E-state index in [1.807, 2.05) is 18.2 Å². The lowest BCUT2D eigenvalue weighted by atomic mass is 10.2. The molecule has 18 heavy (non-hydrogen) atoms. The first-order valence-electron chi connectivity index (χ1n) is 5.53. The minimum Gasteiger partial charge on any atom is -0.504 e. The second-order valence-electron chi connectivity index (χ2n) is 3.98. The average Bonchev–Trinajstić information content (AvgIpc) is 2.80. The molecular weight excluding hydrogens is 233 g/mol. The molecule has 0 saturated heterocycles. The topological polar surface area (TPSA) is 41.8 Å². The zero-order chi connectivity index (χ0) is 12.5. The molecule has 0 unspecified atom stereocenters. The van der Waals surface area contributed by atoms with Crippen molar-refractivity contribution in [2.45, 2.75) is 0 Å². The highest BCUT2D eigenvalue weighted by atomic mass is 19.1. The van der Waals surface area contributed by atoms with E-state index in [0.717, 1.165) is 16.6 Å². The highest BCUT2D eigenvalue weighted by Crippen LogP contribution is 2.30. The summed E-state index contributed by atoms with van der Waals surface area (Å²) in [6.45, 7) is 0.681. The van der Waals surface area contributed by atoms with Gasteiger partial charge in [0, 0.05) is 11.3 Å². The fourth-order valence-corrected chi connectivity index (χ4v) is 1.85. The summed E-state index contributed by atoms with van der Waals surface area (Å²) in [5.74, 6) is 0.0976. The molecule has 1 heterocycles. The van der Waals surface area contributed by atoms with E-state index < -0.39 is 5.82 Å². The highest BCUT2D eigenvalue weighted by Gasteiger charge is 2.06. The Morgan fingerprint density at radius 3 is 2.89 bits per heavy atom. The van der Waals surface area contributed by atoms with Crippen molar-refractivity contribution in [1.29, 1.82) is 0 Å². The second kappa shape index (κ2) is 4.14. The number of hydrogen-bond donors (Lipinski definition) is 1. The maximum absolute atomic E-state index is 12.8. The van der Waals surface area contributed by atoms with Crippen LogP contribution in [0.1, 0.15) is 0 Å². The molecule has 0 atom stereocenters. The molecule has 2 aromatic rings. The van der Waals surface area contributed by atoms with Gasteiger partial charge in [0.05, 0.1) is 11.9 Å². The Kier molecular flexibility index (Phi) is 2.48. The van der Waals surface area contributed by atoms with Crippen molar-refractivity contribution in [2.75, 3.05) is 6.54 Å². The number of halogens is 1. The molecule has 0 fully saturated rings.